The zero-order valence-electron chi connectivity index (χ0n) is 20.8. The van der Waals surface area contributed by atoms with Crippen LogP contribution >= 0.6 is 0 Å². The van der Waals surface area contributed by atoms with Crippen LogP contribution in [0.25, 0.3) is 0 Å². The summed E-state index contributed by atoms with van der Waals surface area (Å²) in [6.07, 6.45) is 16.8. The van der Waals surface area contributed by atoms with E-state index < -0.39 is 0 Å². The lowest BCUT2D eigenvalue weighted by molar-refractivity contribution is 0.159. The Hall–Kier alpha value is -0.200. The molecule has 3 rings (SSSR count). The number of rotatable bonds is 14. The van der Waals surface area contributed by atoms with Crippen LogP contribution in [-0.2, 0) is 0 Å². The van der Waals surface area contributed by atoms with Gasteiger partial charge >= 0.3 is 0 Å². The summed E-state index contributed by atoms with van der Waals surface area (Å²) in [5.74, 6) is 0.927. The number of likely N-dealkylation sites (tertiary alicyclic amines) is 2. The van der Waals surface area contributed by atoms with Crippen molar-refractivity contribution in [2.24, 2.45) is 17.1 Å². The molecule has 3 fully saturated rings. The van der Waals surface area contributed by atoms with Crippen molar-refractivity contribution in [1.29, 1.82) is 0 Å². The molecule has 0 spiro atoms. The number of unbranched alkanes of at least 4 members (excludes halogenated alkanes) is 6. The molecule has 0 radical (unpaired) electrons. The molecule has 31 heavy (non-hydrogen) atoms. The van der Waals surface area contributed by atoms with E-state index in [2.05, 4.69) is 27.1 Å². The lowest BCUT2D eigenvalue weighted by atomic mass is 9.78. The molecule has 5 heteroatoms. The van der Waals surface area contributed by atoms with Gasteiger partial charge in [-0.25, -0.2) is 0 Å². The number of nitrogens with zero attached hydrogens (tertiary/aromatic N) is 3. The first kappa shape index (κ1) is 25.4. The lowest BCUT2D eigenvalue weighted by Crippen LogP contribution is -2.43. The molecular formula is C26H53N5. The van der Waals surface area contributed by atoms with Crippen molar-refractivity contribution in [2.75, 3.05) is 79.0 Å². The Morgan fingerprint density at radius 3 is 2.19 bits per heavy atom. The first-order valence-electron chi connectivity index (χ1n) is 13.7. The van der Waals surface area contributed by atoms with Crippen LogP contribution in [0.5, 0.6) is 0 Å². The molecule has 1 atom stereocenters. The number of nitrogens with one attached hydrogen (secondary N) is 1. The summed E-state index contributed by atoms with van der Waals surface area (Å²) < 4.78 is 0. The second-order valence-corrected chi connectivity index (χ2v) is 11.1. The molecule has 0 aliphatic carbocycles. The van der Waals surface area contributed by atoms with Crippen LogP contribution in [0.3, 0.4) is 0 Å². The first-order chi connectivity index (χ1) is 15.2. The fourth-order valence-electron chi connectivity index (χ4n) is 6.29. The van der Waals surface area contributed by atoms with Gasteiger partial charge in [0, 0.05) is 39.3 Å². The topological polar surface area (TPSA) is 47.8 Å². The first-order valence-corrected chi connectivity index (χ1v) is 13.7. The van der Waals surface area contributed by atoms with Crippen LogP contribution in [0.1, 0.15) is 77.0 Å². The van der Waals surface area contributed by atoms with E-state index in [-0.39, 0.29) is 0 Å². The van der Waals surface area contributed by atoms with Gasteiger partial charge in [-0.2, -0.15) is 0 Å². The Kier molecular flexibility index (Phi) is 11.6. The Bertz CT molecular complexity index is 459. The van der Waals surface area contributed by atoms with Gasteiger partial charge in [-0.1, -0.05) is 38.5 Å². The average molecular weight is 436 g/mol. The highest BCUT2D eigenvalue weighted by atomic mass is 15.2. The SMILES string of the molecule is CN1CCC(CN2CCC(CCN)(CCCCCCCCCN3CCNCC3)C2)CC1. The molecule has 0 aromatic carbocycles. The Balaban J connectivity index is 1.22. The van der Waals surface area contributed by atoms with E-state index in [1.54, 1.807) is 0 Å². The Morgan fingerprint density at radius 2 is 1.48 bits per heavy atom. The van der Waals surface area contributed by atoms with Crippen LogP contribution in [0, 0.1) is 11.3 Å². The second-order valence-electron chi connectivity index (χ2n) is 11.1. The summed E-state index contributed by atoms with van der Waals surface area (Å²) >= 11 is 0. The summed E-state index contributed by atoms with van der Waals surface area (Å²) in [6.45, 7) is 13.6. The van der Waals surface area contributed by atoms with E-state index >= 15 is 0 Å². The minimum absolute atomic E-state index is 0.531. The van der Waals surface area contributed by atoms with E-state index in [9.17, 15) is 0 Å². The zero-order valence-corrected chi connectivity index (χ0v) is 20.8. The Labute approximate surface area is 193 Å². The summed E-state index contributed by atoms with van der Waals surface area (Å²) in [7, 11) is 2.27. The van der Waals surface area contributed by atoms with Crippen molar-refractivity contribution < 1.29 is 0 Å². The molecule has 1 unspecified atom stereocenters. The summed E-state index contributed by atoms with van der Waals surface area (Å²) in [5.41, 5.74) is 6.59. The monoisotopic (exact) mass is 435 g/mol. The van der Waals surface area contributed by atoms with E-state index in [0.29, 0.717) is 5.41 Å². The number of nitrogens with two attached hydrogens (primary N) is 1. The van der Waals surface area contributed by atoms with Gasteiger partial charge in [0.1, 0.15) is 0 Å². The maximum atomic E-state index is 6.06. The average Bonchev–Trinajstić information content (AvgIpc) is 3.17. The van der Waals surface area contributed by atoms with Gasteiger partial charge in [0.05, 0.1) is 0 Å². The van der Waals surface area contributed by atoms with Gasteiger partial charge in [0.2, 0.25) is 0 Å². The third kappa shape index (κ3) is 9.29. The smallest absolute Gasteiger partial charge is 0.0107 e. The van der Waals surface area contributed by atoms with Crippen LogP contribution in [0.15, 0.2) is 0 Å². The largest absolute Gasteiger partial charge is 0.330 e. The highest BCUT2D eigenvalue weighted by Crippen LogP contribution is 2.39. The summed E-state index contributed by atoms with van der Waals surface area (Å²) in [5, 5.41) is 3.44. The van der Waals surface area contributed by atoms with Crippen molar-refractivity contribution >= 4 is 0 Å². The number of hydrogen-bond donors (Lipinski definition) is 2. The molecule has 0 amide bonds. The van der Waals surface area contributed by atoms with Gasteiger partial charge in [-0.15, -0.1) is 0 Å². The minimum Gasteiger partial charge on any atom is -0.330 e. The fourth-order valence-corrected chi connectivity index (χ4v) is 6.29. The predicted molar refractivity (Wildman–Crippen MR) is 134 cm³/mol. The van der Waals surface area contributed by atoms with Crippen LogP contribution in [-0.4, -0.2) is 93.7 Å². The normalized spacial score (nSPS) is 27.3. The van der Waals surface area contributed by atoms with Gasteiger partial charge in [0.25, 0.3) is 0 Å². The van der Waals surface area contributed by atoms with Crippen LogP contribution in [0.4, 0.5) is 0 Å². The van der Waals surface area contributed by atoms with Crippen LogP contribution in [0.2, 0.25) is 0 Å². The molecule has 0 aromatic heterocycles. The minimum atomic E-state index is 0.531. The maximum Gasteiger partial charge on any atom is 0.0107 e. The van der Waals surface area contributed by atoms with Crippen molar-refractivity contribution in [3.8, 4) is 0 Å². The molecule has 182 valence electrons. The molecule has 5 nitrogen and oxygen atoms in total. The number of piperazine rings is 1. The molecule has 0 bridgehead atoms. The maximum absolute atomic E-state index is 6.06. The summed E-state index contributed by atoms with van der Waals surface area (Å²) in [6, 6.07) is 0. The molecule has 3 heterocycles. The highest BCUT2D eigenvalue weighted by molar-refractivity contribution is 4.91. The molecule has 3 saturated heterocycles. The molecule has 3 N–H and O–H groups in total. The van der Waals surface area contributed by atoms with E-state index in [1.807, 2.05) is 0 Å². The lowest BCUT2D eigenvalue weighted by Gasteiger charge is -2.33. The Morgan fingerprint density at radius 1 is 0.806 bits per heavy atom. The van der Waals surface area contributed by atoms with E-state index in [4.69, 9.17) is 5.73 Å². The number of piperidine rings is 1. The van der Waals surface area contributed by atoms with Gasteiger partial charge in [0.15, 0.2) is 0 Å². The van der Waals surface area contributed by atoms with Crippen molar-refractivity contribution in [3.05, 3.63) is 0 Å². The van der Waals surface area contributed by atoms with Crippen molar-refractivity contribution in [3.63, 3.8) is 0 Å². The molecule has 3 aliphatic rings. The molecule has 0 aromatic rings. The second kappa shape index (κ2) is 14.1. The third-order valence-corrected chi connectivity index (χ3v) is 8.44. The van der Waals surface area contributed by atoms with Gasteiger partial charge in [-0.05, 0) is 89.6 Å². The highest BCUT2D eigenvalue weighted by Gasteiger charge is 2.37. The quantitative estimate of drug-likeness (QED) is 0.410. The molecule has 0 saturated carbocycles. The van der Waals surface area contributed by atoms with Crippen LogP contribution < -0.4 is 11.1 Å². The van der Waals surface area contributed by atoms with E-state index in [1.165, 1.54) is 142 Å². The number of hydrogen-bond acceptors (Lipinski definition) is 5. The van der Waals surface area contributed by atoms with Crippen molar-refractivity contribution in [1.82, 2.24) is 20.0 Å². The molecular weight excluding hydrogens is 382 g/mol. The summed E-state index contributed by atoms with van der Waals surface area (Å²) in [4.78, 5) is 7.92. The predicted octanol–water partition coefficient (Wildman–Crippen LogP) is 3.40. The van der Waals surface area contributed by atoms with Gasteiger partial charge < -0.3 is 25.8 Å². The zero-order chi connectivity index (χ0) is 21.8. The third-order valence-electron chi connectivity index (χ3n) is 8.44. The van der Waals surface area contributed by atoms with Gasteiger partial charge in [-0.3, -0.25) is 0 Å². The fraction of sp³-hybridized carbons (Fsp3) is 1.00. The molecule has 3 aliphatic heterocycles. The standard InChI is InChI=1S/C26H53N5/c1-29-18-9-25(10-19-29)23-31-20-13-26(24-31,12-14-27)11-7-5-3-2-4-6-8-17-30-21-15-28-16-22-30/h25,28H,2-24,27H2,1H3. The van der Waals surface area contributed by atoms with E-state index in [0.717, 1.165) is 12.5 Å². The van der Waals surface area contributed by atoms with Crippen molar-refractivity contribution in [2.45, 2.75) is 77.0 Å².